The van der Waals surface area contributed by atoms with Gasteiger partial charge < -0.3 is 15.4 Å². The Morgan fingerprint density at radius 3 is 2.48 bits per heavy atom. The van der Waals surface area contributed by atoms with Crippen LogP contribution in [0.3, 0.4) is 0 Å². The van der Waals surface area contributed by atoms with Crippen molar-refractivity contribution in [2.45, 2.75) is 26.4 Å². The third-order valence-electron chi connectivity index (χ3n) is 3.19. The Hall–Kier alpha value is -1.35. The van der Waals surface area contributed by atoms with Crippen LogP contribution in [-0.2, 0) is 19.5 Å². The van der Waals surface area contributed by atoms with Crippen LogP contribution < -0.4 is 15.4 Å². The third kappa shape index (κ3) is 6.34. The number of aryl methyl sites for hydroxylation is 1. The van der Waals surface area contributed by atoms with Gasteiger partial charge in [0.25, 0.3) is 0 Å². The van der Waals surface area contributed by atoms with Crippen molar-refractivity contribution in [3.63, 3.8) is 0 Å². The topological polar surface area (TPSA) is 58.5 Å². The van der Waals surface area contributed by atoms with Gasteiger partial charge >= 0.3 is 0 Å². The average Bonchev–Trinajstić information content (AvgIpc) is 3.03. The molecule has 126 valence electrons. The Morgan fingerprint density at radius 2 is 1.91 bits per heavy atom. The van der Waals surface area contributed by atoms with E-state index in [0.717, 1.165) is 24.5 Å². The van der Waals surface area contributed by atoms with Crippen molar-refractivity contribution in [3.05, 3.63) is 45.8 Å². The van der Waals surface area contributed by atoms with E-state index in [9.17, 15) is 0 Å². The summed E-state index contributed by atoms with van der Waals surface area (Å²) in [6.07, 6.45) is 2.88. The first kappa shape index (κ1) is 19.7. The van der Waals surface area contributed by atoms with E-state index in [4.69, 9.17) is 4.74 Å². The standard InChI is InChI=1S/C16H22N4OS.HI/c1-4-13-6-7-14(22-13)11-20-16(17-2)19-10-12-5-8-15(21-3)18-9-12;/h5-9H,4,10-11H2,1-3H3,(H2,17,19,20);1H. The minimum Gasteiger partial charge on any atom is -0.481 e. The molecular weight excluding hydrogens is 423 g/mol. The molecule has 2 N–H and O–H groups in total. The van der Waals surface area contributed by atoms with Crippen molar-refractivity contribution in [3.8, 4) is 5.88 Å². The van der Waals surface area contributed by atoms with Crippen molar-refractivity contribution < 1.29 is 4.74 Å². The summed E-state index contributed by atoms with van der Waals surface area (Å²) in [7, 11) is 3.38. The molecule has 0 aliphatic heterocycles. The van der Waals surface area contributed by atoms with E-state index in [1.54, 1.807) is 20.4 Å². The second kappa shape index (κ2) is 10.4. The van der Waals surface area contributed by atoms with E-state index in [-0.39, 0.29) is 24.0 Å². The first-order valence-electron chi connectivity index (χ1n) is 7.26. The molecule has 2 rings (SSSR count). The van der Waals surface area contributed by atoms with Gasteiger partial charge in [-0.3, -0.25) is 4.99 Å². The highest BCUT2D eigenvalue weighted by Gasteiger charge is 2.02. The molecule has 23 heavy (non-hydrogen) atoms. The van der Waals surface area contributed by atoms with Crippen molar-refractivity contribution in [2.24, 2.45) is 4.99 Å². The lowest BCUT2D eigenvalue weighted by molar-refractivity contribution is 0.397. The molecule has 0 aliphatic carbocycles. The molecule has 0 atom stereocenters. The van der Waals surface area contributed by atoms with Crippen LogP contribution in [0.5, 0.6) is 5.88 Å². The zero-order valence-corrected chi connectivity index (χ0v) is 16.8. The molecule has 0 saturated carbocycles. The third-order valence-corrected chi connectivity index (χ3v) is 4.42. The fourth-order valence-electron chi connectivity index (χ4n) is 1.92. The quantitative estimate of drug-likeness (QED) is 0.407. The number of aromatic nitrogens is 1. The largest absolute Gasteiger partial charge is 0.481 e. The number of nitrogens with zero attached hydrogens (tertiary/aromatic N) is 2. The SMILES string of the molecule is CCc1ccc(CNC(=NC)NCc2ccc(OC)nc2)s1.I. The maximum atomic E-state index is 5.05. The number of aliphatic imine (C=N–C) groups is 1. The second-order valence-corrected chi connectivity index (χ2v) is 5.96. The summed E-state index contributed by atoms with van der Waals surface area (Å²) in [6.45, 7) is 3.62. The van der Waals surface area contributed by atoms with Crippen LogP contribution >= 0.6 is 35.3 Å². The van der Waals surface area contributed by atoms with E-state index >= 15 is 0 Å². The van der Waals surface area contributed by atoms with Crippen LogP contribution in [0, 0.1) is 0 Å². The van der Waals surface area contributed by atoms with Crippen LogP contribution in [0.25, 0.3) is 0 Å². The number of thiophene rings is 1. The molecule has 2 aromatic heterocycles. The number of hydrogen-bond donors (Lipinski definition) is 2. The van der Waals surface area contributed by atoms with Crippen LogP contribution in [0.15, 0.2) is 35.5 Å². The maximum Gasteiger partial charge on any atom is 0.212 e. The van der Waals surface area contributed by atoms with Gasteiger partial charge in [0.05, 0.1) is 13.7 Å². The summed E-state index contributed by atoms with van der Waals surface area (Å²) in [5.41, 5.74) is 1.08. The Labute approximate surface area is 158 Å². The van der Waals surface area contributed by atoms with Crippen molar-refractivity contribution in [2.75, 3.05) is 14.2 Å². The van der Waals surface area contributed by atoms with E-state index in [1.165, 1.54) is 9.75 Å². The molecule has 2 aromatic rings. The normalized spacial score (nSPS) is 10.8. The minimum atomic E-state index is 0. The first-order chi connectivity index (χ1) is 10.7. The summed E-state index contributed by atoms with van der Waals surface area (Å²) >= 11 is 1.83. The minimum absolute atomic E-state index is 0. The van der Waals surface area contributed by atoms with Crippen LogP contribution in [0.2, 0.25) is 0 Å². The number of rotatable bonds is 6. The Balaban J connectivity index is 0.00000264. The van der Waals surface area contributed by atoms with E-state index in [2.05, 4.69) is 39.7 Å². The molecule has 2 heterocycles. The lowest BCUT2D eigenvalue weighted by Crippen LogP contribution is -2.36. The van der Waals surface area contributed by atoms with Gasteiger partial charge in [0.2, 0.25) is 5.88 Å². The molecule has 0 unspecified atom stereocenters. The fraction of sp³-hybridized carbons (Fsp3) is 0.375. The molecular formula is C16H23IN4OS. The molecule has 0 aromatic carbocycles. The van der Waals surface area contributed by atoms with E-state index in [0.29, 0.717) is 12.4 Å². The van der Waals surface area contributed by atoms with Gasteiger partial charge in [0.1, 0.15) is 0 Å². The summed E-state index contributed by atoms with van der Waals surface area (Å²) in [5.74, 6) is 1.40. The Kier molecular flexibility index (Phi) is 8.93. The lowest BCUT2D eigenvalue weighted by atomic mass is 10.3. The number of ether oxygens (including phenoxy) is 1. The summed E-state index contributed by atoms with van der Waals surface area (Å²) < 4.78 is 5.05. The van der Waals surface area contributed by atoms with Crippen LogP contribution in [0.1, 0.15) is 22.2 Å². The van der Waals surface area contributed by atoms with E-state index < -0.39 is 0 Å². The summed E-state index contributed by atoms with van der Waals surface area (Å²) in [6, 6.07) is 8.18. The maximum absolute atomic E-state index is 5.05. The number of hydrogen-bond acceptors (Lipinski definition) is 4. The number of guanidine groups is 1. The van der Waals surface area contributed by atoms with Crippen LogP contribution in [0.4, 0.5) is 0 Å². The van der Waals surface area contributed by atoms with Crippen molar-refractivity contribution in [1.29, 1.82) is 0 Å². The lowest BCUT2D eigenvalue weighted by Gasteiger charge is -2.11. The molecule has 0 radical (unpaired) electrons. The summed E-state index contributed by atoms with van der Waals surface area (Å²) in [5, 5.41) is 6.60. The molecule has 0 fully saturated rings. The van der Waals surface area contributed by atoms with Gasteiger partial charge in [-0.15, -0.1) is 35.3 Å². The van der Waals surface area contributed by atoms with Gasteiger partial charge in [-0.2, -0.15) is 0 Å². The predicted molar refractivity (Wildman–Crippen MR) is 107 cm³/mol. The molecule has 5 nitrogen and oxygen atoms in total. The van der Waals surface area contributed by atoms with Gasteiger partial charge in [0.15, 0.2) is 5.96 Å². The number of pyridine rings is 1. The Bertz CT molecular complexity index is 613. The number of nitrogens with one attached hydrogen (secondary N) is 2. The first-order valence-corrected chi connectivity index (χ1v) is 8.07. The van der Waals surface area contributed by atoms with Gasteiger partial charge in [0, 0.05) is 35.6 Å². The van der Waals surface area contributed by atoms with Crippen molar-refractivity contribution >= 4 is 41.3 Å². The second-order valence-electron chi connectivity index (χ2n) is 4.71. The molecule has 0 amide bonds. The Morgan fingerprint density at radius 1 is 1.17 bits per heavy atom. The molecule has 0 aliphatic rings. The highest BCUT2D eigenvalue weighted by Crippen LogP contribution is 2.16. The average molecular weight is 446 g/mol. The molecule has 7 heteroatoms. The summed E-state index contributed by atoms with van der Waals surface area (Å²) in [4.78, 5) is 11.1. The zero-order chi connectivity index (χ0) is 15.8. The van der Waals surface area contributed by atoms with Gasteiger partial charge in [-0.05, 0) is 24.1 Å². The zero-order valence-electron chi connectivity index (χ0n) is 13.6. The number of halogens is 1. The molecule has 0 bridgehead atoms. The van der Waals surface area contributed by atoms with E-state index in [1.807, 2.05) is 23.5 Å². The fourth-order valence-corrected chi connectivity index (χ4v) is 2.82. The predicted octanol–water partition coefficient (Wildman–Crippen LogP) is 3.20. The molecule has 0 spiro atoms. The smallest absolute Gasteiger partial charge is 0.212 e. The van der Waals surface area contributed by atoms with Gasteiger partial charge in [-0.1, -0.05) is 13.0 Å². The number of methoxy groups -OCH3 is 1. The van der Waals surface area contributed by atoms with Crippen LogP contribution in [-0.4, -0.2) is 25.1 Å². The highest BCUT2D eigenvalue weighted by atomic mass is 127. The molecule has 0 saturated heterocycles. The van der Waals surface area contributed by atoms with Crippen molar-refractivity contribution in [1.82, 2.24) is 15.6 Å². The highest BCUT2D eigenvalue weighted by molar-refractivity contribution is 14.0. The van der Waals surface area contributed by atoms with Gasteiger partial charge in [-0.25, -0.2) is 4.98 Å². The monoisotopic (exact) mass is 446 g/mol.